The smallest absolute Gasteiger partial charge is 0.160 e. The van der Waals surface area contributed by atoms with Crippen LogP contribution in [0.4, 0.5) is 17.1 Å². The van der Waals surface area contributed by atoms with Crippen molar-refractivity contribution in [3.63, 3.8) is 0 Å². The molecule has 3 aliphatic carbocycles. The third-order valence-electron chi connectivity index (χ3n) is 13.9. The zero-order valence-corrected chi connectivity index (χ0v) is 33.4. The molecule has 60 heavy (non-hydrogen) atoms. The first-order valence-corrected chi connectivity index (χ1v) is 21.0. The SMILES string of the molecule is CC1(C)c2ccccc2-c2ccc(N(c3ccc(-c4ccccc4)cc3)c3cc4c(c5c3oc3ccccc35)-c3ccccc3C43c4ccccc4-c4ccccc43)cc21. The summed E-state index contributed by atoms with van der Waals surface area (Å²) in [6.45, 7) is 4.73. The minimum absolute atomic E-state index is 0.166. The Morgan fingerprint density at radius 2 is 0.917 bits per heavy atom. The Labute approximate surface area is 349 Å². The summed E-state index contributed by atoms with van der Waals surface area (Å²) in [4.78, 5) is 2.46. The number of hydrogen-bond donors (Lipinski definition) is 0. The van der Waals surface area contributed by atoms with Gasteiger partial charge < -0.3 is 9.32 Å². The van der Waals surface area contributed by atoms with Gasteiger partial charge >= 0.3 is 0 Å². The highest BCUT2D eigenvalue weighted by atomic mass is 16.3. The van der Waals surface area contributed by atoms with E-state index in [-0.39, 0.29) is 5.41 Å². The molecule has 0 N–H and O–H groups in total. The summed E-state index contributed by atoms with van der Waals surface area (Å²) in [5.41, 5.74) is 22.3. The first-order valence-electron chi connectivity index (χ1n) is 21.0. The molecule has 3 aliphatic rings. The van der Waals surface area contributed by atoms with Crippen molar-refractivity contribution in [3.8, 4) is 44.5 Å². The van der Waals surface area contributed by atoms with E-state index in [1.165, 1.54) is 77.9 Å². The van der Waals surface area contributed by atoms with Crippen LogP contribution in [0.25, 0.3) is 66.4 Å². The van der Waals surface area contributed by atoms with Crippen LogP contribution in [0.2, 0.25) is 0 Å². The molecular weight excluding hydrogens is 727 g/mol. The monoisotopic (exact) mass is 765 g/mol. The number of para-hydroxylation sites is 1. The van der Waals surface area contributed by atoms with Gasteiger partial charge in [-0.25, -0.2) is 0 Å². The predicted octanol–water partition coefficient (Wildman–Crippen LogP) is 15.4. The summed E-state index contributed by atoms with van der Waals surface area (Å²) in [6, 6.07) is 74.0. The van der Waals surface area contributed by atoms with E-state index >= 15 is 0 Å². The Morgan fingerprint density at radius 1 is 0.400 bits per heavy atom. The first kappa shape index (κ1) is 33.5. The minimum Gasteiger partial charge on any atom is -0.454 e. The van der Waals surface area contributed by atoms with E-state index in [0.29, 0.717) is 0 Å². The molecule has 1 spiro atoms. The molecule has 1 aromatic heterocycles. The van der Waals surface area contributed by atoms with E-state index in [9.17, 15) is 0 Å². The molecule has 0 aliphatic heterocycles. The number of benzene rings is 9. The van der Waals surface area contributed by atoms with Gasteiger partial charge in [0.05, 0.1) is 11.1 Å². The van der Waals surface area contributed by atoms with Gasteiger partial charge in [-0.15, -0.1) is 0 Å². The summed E-state index contributed by atoms with van der Waals surface area (Å²) >= 11 is 0. The number of hydrogen-bond acceptors (Lipinski definition) is 2. The molecule has 0 atom stereocenters. The maximum Gasteiger partial charge on any atom is 0.160 e. The quantitative estimate of drug-likeness (QED) is 0.177. The summed E-state index contributed by atoms with van der Waals surface area (Å²) in [5, 5.41) is 2.28. The largest absolute Gasteiger partial charge is 0.454 e. The number of fused-ring (bicyclic) bond motifs is 17. The molecule has 0 unspecified atom stereocenters. The molecule has 0 saturated heterocycles. The molecule has 0 bridgehead atoms. The topological polar surface area (TPSA) is 16.4 Å². The normalized spacial score (nSPS) is 14.4. The molecular formula is C58H39NO. The third kappa shape index (κ3) is 4.27. The Bertz CT molecular complexity index is 3360. The summed E-state index contributed by atoms with van der Waals surface area (Å²) in [5.74, 6) is 0. The minimum atomic E-state index is -0.523. The predicted molar refractivity (Wildman–Crippen MR) is 248 cm³/mol. The summed E-state index contributed by atoms with van der Waals surface area (Å²) in [7, 11) is 0. The van der Waals surface area contributed by atoms with Crippen LogP contribution in [-0.2, 0) is 10.8 Å². The number of rotatable bonds is 4. The van der Waals surface area contributed by atoms with Crippen molar-refractivity contribution >= 4 is 39.0 Å². The Balaban J connectivity index is 1.16. The average molecular weight is 766 g/mol. The second-order valence-corrected chi connectivity index (χ2v) is 17.2. The molecule has 2 heteroatoms. The standard InChI is InChI=1S/C58H39NO/c1-57(2)46-23-11-6-18-40(46)43-33-32-39(34-50(43)57)59(38-30-28-37(29-31-38)36-16-4-3-5-17-36)52-35-51-54(55-45-22-10-15-27-53(45)60-56(52)55)44-21-9-14-26-49(44)58(51)47-24-12-7-19-41(47)42-20-8-13-25-48(42)58/h3-35H,1-2H3. The van der Waals surface area contributed by atoms with Gasteiger partial charge in [-0.3, -0.25) is 0 Å². The van der Waals surface area contributed by atoms with Gasteiger partial charge in [0.2, 0.25) is 0 Å². The third-order valence-corrected chi connectivity index (χ3v) is 13.9. The zero-order valence-electron chi connectivity index (χ0n) is 33.4. The van der Waals surface area contributed by atoms with Crippen molar-refractivity contribution in [1.29, 1.82) is 0 Å². The molecule has 282 valence electrons. The molecule has 0 saturated carbocycles. The molecule has 2 nitrogen and oxygen atoms in total. The Morgan fingerprint density at radius 3 is 1.62 bits per heavy atom. The highest BCUT2D eigenvalue weighted by Crippen LogP contribution is 2.65. The highest BCUT2D eigenvalue weighted by Gasteiger charge is 2.53. The summed E-state index contributed by atoms with van der Waals surface area (Å²) < 4.78 is 7.17. The number of furan rings is 1. The molecule has 0 fully saturated rings. The van der Waals surface area contributed by atoms with Crippen LogP contribution >= 0.6 is 0 Å². The summed E-state index contributed by atoms with van der Waals surface area (Å²) in [6.07, 6.45) is 0. The lowest BCUT2D eigenvalue weighted by Gasteiger charge is -2.32. The molecule has 0 radical (unpaired) electrons. The second-order valence-electron chi connectivity index (χ2n) is 17.2. The molecule has 9 aromatic carbocycles. The van der Waals surface area contributed by atoms with E-state index in [0.717, 1.165) is 39.0 Å². The van der Waals surface area contributed by atoms with Crippen molar-refractivity contribution in [1.82, 2.24) is 0 Å². The molecule has 13 rings (SSSR count). The van der Waals surface area contributed by atoms with Crippen LogP contribution in [0.15, 0.2) is 205 Å². The fourth-order valence-electron chi connectivity index (χ4n) is 11.3. The molecule has 0 amide bonds. The van der Waals surface area contributed by atoms with Crippen LogP contribution in [0, 0.1) is 0 Å². The van der Waals surface area contributed by atoms with E-state index in [2.05, 4.69) is 219 Å². The van der Waals surface area contributed by atoms with Crippen LogP contribution in [0.3, 0.4) is 0 Å². The fraction of sp³-hybridized carbons (Fsp3) is 0.0690. The van der Waals surface area contributed by atoms with Crippen molar-refractivity contribution in [2.45, 2.75) is 24.7 Å². The first-order chi connectivity index (χ1) is 29.5. The van der Waals surface area contributed by atoms with Crippen molar-refractivity contribution in [3.05, 3.63) is 234 Å². The van der Waals surface area contributed by atoms with Gasteiger partial charge in [-0.05, 0) is 114 Å². The fourth-order valence-corrected chi connectivity index (χ4v) is 11.3. The lowest BCUT2D eigenvalue weighted by atomic mass is 9.70. The van der Waals surface area contributed by atoms with E-state index < -0.39 is 5.41 Å². The Hall–Kier alpha value is -7.42. The zero-order chi connectivity index (χ0) is 39.7. The average Bonchev–Trinajstić information content (AvgIpc) is 3.99. The lowest BCUT2D eigenvalue weighted by molar-refractivity contribution is 0.660. The van der Waals surface area contributed by atoms with Crippen molar-refractivity contribution in [2.24, 2.45) is 0 Å². The molecule has 10 aromatic rings. The molecule has 1 heterocycles. The van der Waals surface area contributed by atoms with E-state index in [4.69, 9.17) is 4.42 Å². The Kier molecular flexibility index (Phi) is 6.74. The van der Waals surface area contributed by atoms with Gasteiger partial charge in [0.25, 0.3) is 0 Å². The second kappa shape index (κ2) is 12.1. The maximum absolute atomic E-state index is 7.17. The highest BCUT2D eigenvalue weighted by molar-refractivity contribution is 6.20. The van der Waals surface area contributed by atoms with Crippen LogP contribution in [-0.4, -0.2) is 0 Å². The van der Waals surface area contributed by atoms with Crippen molar-refractivity contribution < 1.29 is 4.42 Å². The van der Waals surface area contributed by atoms with Gasteiger partial charge in [-0.2, -0.15) is 0 Å². The van der Waals surface area contributed by atoms with Crippen LogP contribution < -0.4 is 4.90 Å². The van der Waals surface area contributed by atoms with Gasteiger partial charge in [0, 0.05) is 27.6 Å². The van der Waals surface area contributed by atoms with Gasteiger partial charge in [0.15, 0.2) is 5.58 Å². The van der Waals surface area contributed by atoms with Crippen molar-refractivity contribution in [2.75, 3.05) is 4.90 Å². The maximum atomic E-state index is 7.17. The number of nitrogens with zero attached hydrogens (tertiary/aromatic N) is 1. The van der Waals surface area contributed by atoms with Crippen LogP contribution in [0.1, 0.15) is 47.2 Å². The number of anilines is 3. The van der Waals surface area contributed by atoms with E-state index in [1.807, 2.05) is 0 Å². The lowest BCUT2D eigenvalue weighted by Crippen LogP contribution is -2.26. The van der Waals surface area contributed by atoms with Gasteiger partial charge in [0.1, 0.15) is 5.58 Å². The van der Waals surface area contributed by atoms with Gasteiger partial charge in [-0.1, -0.05) is 178 Å². The van der Waals surface area contributed by atoms with E-state index in [1.54, 1.807) is 0 Å². The van der Waals surface area contributed by atoms with Crippen LogP contribution in [0.5, 0.6) is 0 Å².